The fourth-order valence-electron chi connectivity index (χ4n) is 4.36. The number of nitrogens with zero attached hydrogens (tertiary/aromatic N) is 5. The van der Waals surface area contributed by atoms with Gasteiger partial charge >= 0.3 is 0 Å². The van der Waals surface area contributed by atoms with Crippen molar-refractivity contribution in [2.45, 2.75) is 59.9 Å². The van der Waals surface area contributed by atoms with Crippen molar-refractivity contribution in [3.05, 3.63) is 49.8 Å². The van der Waals surface area contributed by atoms with Gasteiger partial charge in [0.2, 0.25) is 5.91 Å². The van der Waals surface area contributed by atoms with Crippen LogP contribution in [0.2, 0.25) is 5.02 Å². The molecule has 1 atom stereocenters. The second-order valence-corrected chi connectivity index (χ2v) is 9.08. The number of likely N-dealkylation sites (tertiary alicyclic amines) is 1. The van der Waals surface area contributed by atoms with E-state index in [4.69, 9.17) is 11.6 Å². The van der Waals surface area contributed by atoms with Crippen LogP contribution in [0, 0.1) is 33.6 Å². The van der Waals surface area contributed by atoms with Crippen LogP contribution in [-0.4, -0.2) is 48.3 Å². The molecule has 1 N–H and O–H groups in total. The molecule has 1 unspecified atom stereocenters. The van der Waals surface area contributed by atoms with E-state index in [9.17, 15) is 9.59 Å². The minimum absolute atomic E-state index is 0.0561. The Balaban J connectivity index is 1.41. The number of H-pyrrole nitrogens is 1. The van der Waals surface area contributed by atoms with E-state index in [1.807, 2.05) is 43.3 Å². The highest BCUT2D eigenvalue weighted by Gasteiger charge is 2.28. The van der Waals surface area contributed by atoms with E-state index in [-0.39, 0.29) is 23.3 Å². The number of carbonyl (C=O) groups excluding carboxylic acids is 1. The molecule has 0 spiro atoms. The second kappa shape index (κ2) is 8.15. The van der Waals surface area contributed by atoms with Gasteiger partial charge in [0.15, 0.2) is 5.65 Å². The quantitative estimate of drug-likeness (QED) is 0.669. The van der Waals surface area contributed by atoms with Gasteiger partial charge in [-0.2, -0.15) is 5.10 Å². The highest BCUT2D eigenvalue weighted by molar-refractivity contribution is 6.31. The number of aromatic nitrogens is 5. The van der Waals surface area contributed by atoms with Crippen LogP contribution in [-0.2, 0) is 11.3 Å². The second-order valence-electron chi connectivity index (χ2n) is 8.70. The van der Waals surface area contributed by atoms with Crippen LogP contribution in [0.3, 0.4) is 0 Å². The van der Waals surface area contributed by atoms with E-state index >= 15 is 0 Å². The van der Waals surface area contributed by atoms with Gasteiger partial charge < -0.3 is 4.90 Å². The Kier molecular flexibility index (Phi) is 5.68. The third kappa shape index (κ3) is 3.89. The lowest BCUT2D eigenvalue weighted by atomic mass is 9.93. The molecule has 4 rings (SSSR count). The topological polar surface area (TPSA) is 88.3 Å². The summed E-state index contributed by atoms with van der Waals surface area (Å²) < 4.78 is 3.35. The molecule has 0 saturated carbocycles. The fourth-order valence-corrected chi connectivity index (χ4v) is 4.49. The lowest BCUT2D eigenvalue weighted by molar-refractivity contribution is -0.136. The molecule has 0 aromatic carbocycles. The van der Waals surface area contributed by atoms with E-state index in [1.54, 1.807) is 6.92 Å². The number of aryl methyl sites for hydroxylation is 2. The maximum absolute atomic E-state index is 13.0. The highest BCUT2D eigenvalue weighted by Crippen LogP contribution is 2.28. The van der Waals surface area contributed by atoms with Gasteiger partial charge in [0.25, 0.3) is 5.56 Å². The van der Waals surface area contributed by atoms with Crippen LogP contribution in [0.1, 0.15) is 54.0 Å². The molecule has 1 amide bonds. The Morgan fingerprint density at radius 2 is 1.90 bits per heavy atom. The molecule has 1 aliphatic rings. The van der Waals surface area contributed by atoms with Gasteiger partial charge in [0, 0.05) is 42.0 Å². The summed E-state index contributed by atoms with van der Waals surface area (Å²) in [4.78, 5) is 31.9. The number of rotatable bonds is 4. The van der Waals surface area contributed by atoms with Gasteiger partial charge in [-0.05, 0) is 40.5 Å². The minimum Gasteiger partial charge on any atom is -0.342 e. The smallest absolute Gasteiger partial charge is 0.275 e. The van der Waals surface area contributed by atoms with Crippen molar-refractivity contribution in [1.29, 1.82) is 0 Å². The van der Waals surface area contributed by atoms with Crippen molar-refractivity contribution in [2.75, 3.05) is 13.1 Å². The van der Waals surface area contributed by atoms with Crippen LogP contribution in [0.15, 0.2) is 10.9 Å². The lowest BCUT2D eigenvalue weighted by Crippen LogP contribution is -2.41. The summed E-state index contributed by atoms with van der Waals surface area (Å²) in [5.74, 6) is 0.242. The van der Waals surface area contributed by atoms with Crippen LogP contribution in [0.4, 0.5) is 0 Å². The standard InChI is InChI=1S/C22H29ClN6O2/c1-12(11-28-16(5)20(23)15(4)25-28)21(30)27-8-6-17(7-9-27)18-10-19-24-14(3)13(2)22(31)29(19)26-18/h10,12,17,26H,6-9,11H2,1-5H3. The van der Waals surface area contributed by atoms with Gasteiger partial charge in [0.1, 0.15) is 0 Å². The number of fused-ring (bicyclic) bond motifs is 1. The fraction of sp³-hybridized carbons (Fsp3) is 0.545. The van der Waals surface area contributed by atoms with E-state index in [0.717, 1.165) is 35.6 Å². The van der Waals surface area contributed by atoms with Crippen molar-refractivity contribution in [2.24, 2.45) is 5.92 Å². The number of aromatic amines is 1. The number of hydrogen-bond donors (Lipinski definition) is 1. The third-order valence-electron chi connectivity index (χ3n) is 6.51. The molecular weight excluding hydrogens is 416 g/mol. The third-order valence-corrected chi connectivity index (χ3v) is 7.06. The lowest BCUT2D eigenvalue weighted by Gasteiger charge is -2.33. The zero-order valence-corrected chi connectivity index (χ0v) is 19.5. The Morgan fingerprint density at radius 3 is 2.52 bits per heavy atom. The maximum Gasteiger partial charge on any atom is 0.275 e. The molecule has 3 aromatic heterocycles. The summed E-state index contributed by atoms with van der Waals surface area (Å²) in [7, 11) is 0. The van der Waals surface area contributed by atoms with Crippen molar-refractivity contribution < 1.29 is 4.79 Å². The Labute approximate surface area is 186 Å². The predicted octanol–water partition coefficient (Wildman–Crippen LogP) is 3.15. The molecule has 0 bridgehead atoms. The van der Waals surface area contributed by atoms with Crippen molar-refractivity contribution >= 4 is 23.2 Å². The molecule has 166 valence electrons. The number of halogens is 1. The van der Waals surface area contributed by atoms with Crippen molar-refractivity contribution in [3.8, 4) is 0 Å². The molecule has 3 aromatic rings. The highest BCUT2D eigenvalue weighted by atomic mass is 35.5. The number of hydrogen-bond acceptors (Lipinski definition) is 4. The largest absolute Gasteiger partial charge is 0.342 e. The predicted molar refractivity (Wildman–Crippen MR) is 120 cm³/mol. The summed E-state index contributed by atoms with van der Waals surface area (Å²) in [6, 6.07) is 1.96. The first-order valence-corrected chi connectivity index (χ1v) is 11.1. The molecule has 4 heterocycles. The van der Waals surface area contributed by atoms with E-state index < -0.39 is 0 Å². The maximum atomic E-state index is 13.0. The molecular formula is C22H29ClN6O2. The Bertz CT molecular complexity index is 1200. The number of amides is 1. The van der Waals surface area contributed by atoms with Gasteiger partial charge in [-0.25, -0.2) is 9.50 Å². The molecule has 0 aliphatic carbocycles. The summed E-state index contributed by atoms with van der Waals surface area (Å²) >= 11 is 6.23. The van der Waals surface area contributed by atoms with E-state index in [0.29, 0.717) is 35.9 Å². The van der Waals surface area contributed by atoms with Gasteiger partial charge in [-0.15, -0.1) is 0 Å². The van der Waals surface area contributed by atoms with Crippen LogP contribution in [0.5, 0.6) is 0 Å². The molecule has 1 aliphatic heterocycles. The molecule has 0 radical (unpaired) electrons. The number of piperidine rings is 1. The average molecular weight is 445 g/mol. The first-order chi connectivity index (χ1) is 14.7. The first kappa shape index (κ1) is 21.6. The van der Waals surface area contributed by atoms with E-state index in [2.05, 4.69) is 15.2 Å². The van der Waals surface area contributed by atoms with Crippen molar-refractivity contribution in [3.63, 3.8) is 0 Å². The van der Waals surface area contributed by atoms with Crippen LogP contribution in [0.25, 0.3) is 5.65 Å². The molecule has 1 fully saturated rings. The normalized spacial score (nSPS) is 16.3. The minimum atomic E-state index is -0.174. The van der Waals surface area contributed by atoms with Crippen molar-refractivity contribution in [1.82, 2.24) is 29.3 Å². The van der Waals surface area contributed by atoms with Gasteiger partial charge in [0.05, 0.1) is 28.9 Å². The monoisotopic (exact) mass is 444 g/mol. The summed E-state index contributed by atoms with van der Waals surface area (Å²) in [5.41, 5.74) is 4.70. The molecule has 31 heavy (non-hydrogen) atoms. The Hall–Kier alpha value is -2.61. The zero-order chi connectivity index (χ0) is 22.4. The molecule has 1 saturated heterocycles. The summed E-state index contributed by atoms with van der Waals surface area (Å²) in [6.45, 7) is 11.3. The first-order valence-electron chi connectivity index (χ1n) is 10.7. The summed E-state index contributed by atoms with van der Waals surface area (Å²) in [5, 5.41) is 8.34. The average Bonchev–Trinajstić information content (AvgIpc) is 3.28. The van der Waals surface area contributed by atoms with Gasteiger partial charge in [-0.1, -0.05) is 18.5 Å². The van der Waals surface area contributed by atoms with Gasteiger partial charge in [-0.3, -0.25) is 19.4 Å². The van der Waals surface area contributed by atoms with Crippen LogP contribution >= 0.6 is 11.6 Å². The molecule has 8 nitrogen and oxygen atoms in total. The number of carbonyl (C=O) groups is 1. The Morgan fingerprint density at radius 1 is 1.23 bits per heavy atom. The number of nitrogens with one attached hydrogen (secondary N) is 1. The van der Waals surface area contributed by atoms with E-state index in [1.165, 1.54) is 4.52 Å². The zero-order valence-electron chi connectivity index (χ0n) is 18.7. The SMILES string of the molecule is Cc1nn(CC(C)C(=O)N2CCC(c3cc4nc(C)c(C)c(=O)n4[nH]3)CC2)c(C)c1Cl. The molecule has 9 heteroatoms. The summed E-state index contributed by atoms with van der Waals surface area (Å²) in [6.07, 6.45) is 1.70. The van der Waals surface area contributed by atoms with Crippen LogP contribution < -0.4 is 5.56 Å².